The van der Waals surface area contributed by atoms with Crippen molar-refractivity contribution in [2.24, 2.45) is 29.4 Å². The first kappa shape index (κ1) is 50.2. The maximum atomic E-state index is 13.8. The van der Waals surface area contributed by atoms with Crippen LogP contribution in [0.25, 0.3) is 0 Å². The Hall–Kier alpha value is -4.85. The van der Waals surface area contributed by atoms with Gasteiger partial charge in [0.05, 0.1) is 32.5 Å². The quantitative estimate of drug-likeness (QED) is 0.117. The molecule has 64 heavy (non-hydrogen) atoms. The summed E-state index contributed by atoms with van der Waals surface area (Å²) in [5, 5.41) is 2.79. The summed E-state index contributed by atoms with van der Waals surface area (Å²) >= 11 is 0. The van der Waals surface area contributed by atoms with E-state index in [0.29, 0.717) is 50.7 Å². The van der Waals surface area contributed by atoms with Crippen molar-refractivity contribution >= 4 is 23.8 Å². The maximum absolute atomic E-state index is 13.8. The van der Waals surface area contributed by atoms with Crippen LogP contribution in [-0.2, 0) is 53.0 Å². The van der Waals surface area contributed by atoms with Crippen LogP contribution in [0.15, 0.2) is 66.9 Å². The second kappa shape index (κ2) is 25.0. The van der Waals surface area contributed by atoms with E-state index in [1.54, 1.807) is 0 Å². The van der Waals surface area contributed by atoms with Crippen molar-refractivity contribution in [2.75, 3.05) is 7.11 Å². The summed E-state index contributed by atoms with van der Waals surface area (Å²) in [5.41, 5.74) is 9.35. The van der Waals surface area contributed by atoms with E-state index in [1.807, 2.05) is 44.2 Å². The average molecular weight is 886 g/mol. The molecule has 2 fully saturated rings. The number of carbonyl (C=O) groups excluding carboxylic acids is 4. The largest absolute Gasteiger partial charge is 0.493 e. The molecule has 2 saturated heterocycles. The Morgan fingerprint density at radius 1 is 0.797 bits per heavy atom. The Balaban J connectivity index is 1.25. The molecule has 9 atom stereocenters. The Kier molecular flexibility index (Phi) is 19.6. The lowest BCUT2D eigenvalue weighted by Crippen LogP contribution is -2.44. The van der Waals surface area contributed by atoms with Crippen LogP contribution in [0.5, 0.6) is 11.5 Å². The standard InChI is InChI=1S/C51H71N3O10/c1-32(2)22-24-40-34(4)62-50(57)42(52)18-12-20-44(40)61-31-39-17-11-16-38(29-39)28-33(3)23-25-41-35(5)63-51(58)43(19-13-21-45(41)60-30-37-14-9-8-10-15-37)54-49(56)47-48(64-36(6)55)46(59-7)26-27-53-47/h8-11,14-17,26-27,29,32-35,40-45H,12-13,18-25,28,30-31,52H2,1-7H3,(H,54,56). The Morgan fingerprint density at radius 2 is 1.41 bits per heavy atom. The Labute approximate surface area is 379 Å². The van der Waals surface area contributed by atoms with Crippen LogP contribution in [0, 0.1) is 23.7 Å². The van der Waals surface area contributed by atoms with Crippen LogP contribution in [0.2, 0.25) is 0 Å². The van der Waals surface area contributed by atoms with Crippen molar-refractivity contribution in [3.05, 3.63) is 89.2 Å². The molecule has 1 aromatic heterocycles. The number of nitrogens with two attached hydrogens (primary N) is 1. The van der Waals surface area contributed by atoms with Gasteiger partial charge < -0.3 is 39.5 Å². The van der Waals surface area contributed by atoms with E-state index < -0.39 is 36.0 Å². The van der Waals surface area contributed by atoms with E-state index in [1.165, 1.54) is 31.9 Å². The zero-order valence-corrected chi connectivity index (χ0v) is 38.9. The first-order chi connectivity index (χ1) is 30.7. The first-order valence-electron chi connectivity index (χ1n) is 23.3. The summed E-state index contributed by atoms with van der Waals surface area (Å²) < 4.78 is 36.0. The van der Waals surface area contributed by atoms with Crippen molar-refractivity contribution in [2.45, 2.75) is 162 Å². The molecule has 350 valence electrons. The molecule has 0 radical (unpaired) electrons. The lowest BCUT2D eigenvalue weighted by atomic mass is 9.85. The fourth-order valence-corrected chi connectivity index (χ4v) is 8.98. The molecular weight excluding hydrogens is 815 g/mol. The number of nitrogens with one attached hydrogen (secondary N) is 1. The van der Waals surface area contributed by atoms with Crippen LogP contribution >= 0.6 is 0 Å². The third-order valence-electron chi connectivity index (χ3n) is 12.6. The summed E-state index contributed by atoms with van der Waals surface area (Å²) in [6, 6.07) is 18.5. The predicted octanol–water partition coefficient (Wildman–Crippen LogP) is 8.47. The van der Waals surface area contributed by atoms with Crippen molar-refractivity contribution in [3.63, 3.8) is 0 Å². The Bertz CT molecular complexity index is 1960. The predicted molar refractivity (Wildman–Crippen MR) is 243 cm³/mol. The normalized spacial score (nSPS) is 25.0. The summed E-state index contributed by atoms with van der Waals surface area (Å²) in [5.74, 6) is -1.33. The second-order valence-electron chi connectivity index (χ2n) is 18.3. The SMILES string of the molecule is COc1ccnc(C(=O)NC2CCCC(OCc3ccccc3)C(CCC(C)Cc3cccc(COC4CCCC(N)C(=O)OC(C)C4CCC(C)C)c3)C(C)OC2=O)c1OC(C)=O. The summed E-state index contributed by atoms with van der Waals surface area (Å²) in [4.78, 5) is 56.0. The summed E-state index contributed by atoms with van der Waals surface area (Å²) in [6.07, 6.45) is 8.55. The number of rotatable bonds is 18. The van der Waals surface area contributed by atoms with Gasteiger partial charge in [-0.15, -0.1) is 0 Å². The molecule has 3 N–H and O–H groups in total. The van der Waals surface area contributed by atoms with Crippen LogP contribution in [0.4, 0.5) is 0 Å². The topological polar surface area (TPSA) is 175 Å². The molecule has 3 aromatic rings. The third-order valence-corrected chi connectivity index (χ3v) is 12.6. The Morgan fingerprint density at radius 3 is 2.06 bits per heavy atom. The van der Waals surface area contributed by atoms with Crippen molar-refractivity contribution in [1.29, 1.82) is 0 Å². The summed E-state index contributed by atoms with van der Waals surface area (Å²) in [6.45, 7) is 12.7. The number of hydrogen-bond acceptors (Lipinski definition) is 12. The number of aromatic nitrogens is 1. The fraction of sp³-hybridized carbons (Fsp3) is 0.588. The number of ether oxygens (including phenoxy) is 6. The highest BCUT2D eigenvalue weighted by molar-refractivity contribution is 5.98. The number of carbonyl (C=O) groups is 4. The van der Waals surface area contributed by atoms with E-state index in [-0.39, 0.29) is 53.3 Å². The molecule has 2 aromatic carbocycles. The zero-order chi connectivity index (χ0) is 46.2. The number of esters is 3. The molecule has 13 heteroatoms. The van der Waals surface area contributed by atoms with Crippen LogP contribution in [0.1, 0.15) is 133 Å². The van der Waals surface area contributed by atoms with Crippen LogP contribution in [-0.4, -0.2) is 72.4 Å². The number of hydrogen-bond donors (Lipinski definition) is 2. The number of methoxy groups -OCH3 is 1. The van der Waals surface area contributed by atoms with E-state index in [9.17, 15) is 19.2 Å². The van der Waals surface area contributed by atoms with E-state index in [0.717, 1.165) is 56.1 Å². The van der Waals surface area contributed by atoms with Gasteiger partial charge in [-0.2, -0.15) is 0 Å². The molecule has 13 nitrogen and oxygen atoms in total. The zero-order valence-electron chi connectivity index (χ0n) is 38.9. The van der Waals surface area contributed by atoms with Gasteiger partial charge in [0.1, 0.15) is 24.3 Å². The number of pyridine rings is 1. The van der Waals surface area contributed by atoms with Gasteiger partial charge >= 0.3 is 17.9 Å². The minimum atomic E-state index is -0.960. The molecular formula is C51H71N3O10. The molecule has 0 saturated carbocycles. The highest BCUT2D eigenvalue weighted by atomic mass is 16.6. The number of amides is 1. The lowest BCUT2D eigenvalue weighted by molar-refractivity contribution is -0.157. The highest BCUT2D eigenvalue weighted by Crippen LogP contribution is 2.33. The van der Waals surface area contributed by atoms with Gasteiger partial charge in [0.15, 0.2) is 11.4 Å². The van der Waals surface area contributed by atoms with Gasteiger partial charge in [-0.25, -0.2) is 9.78 Å². The van der Waals surface area contributed by atoms with Crippen LogP contribution < -0.4 is 20.5 Å². The molecule has 5 rings (SSSR count). The van der Waals surface area contributed by atoms with Gasteiger partial charge in [-0.1, -0.05) is 81.8 Å². The number of cyclic esters (lactones) is 2. The molecule has 2 aliphatic heterocycles. The van der Waals surface area contributed by atoms with Gasteiger partial charge in [0.25, 0.3) is 5.91 Å². The minimum Gasteiger partial charge on any atom is -0.493 e. The van der Waals surface area contributed by atoms with Crippen molar-refractivity contribution in [3.8, 4) is 11.5 Å². The molecule has 0 aliphatic carbocycles. The van der Waals surface area contributed by atoms with Gasteiger partial charge in [0.2, 0.25) is 5.75 Å². The highest BCUT2D eigenvalue weighted by Gasteiger charge is 2.36. The molecule has 9 unspecified atom stereocenters. The van der Waals surface area contributed by atoms with Crippen molar-refractivity contribution < 1.29 is 47.6 Å². The van der Waals surface area contributed by atoms with Gasteiger partial charge in [0, 0.05) is 31.0 Å². The minimum absolute atomic E-state index is 0.0488. The van der Waals surface area contributed by atoms with Gasteiger partial charge in [-0.05, 0) is 107 Å². The number of nitrogens with zero attached hydrogens (tertiary/aromatic N) is 1. The molecule has 1 amide bonds. The molecule has 2 aliphatic rings. The number of benzene rings is 2. The van der Waals surface area contributed by atoms with E-state index in [4.69, 9.17) is 34.2 Å². The van der Waals surface area contributed by atoms with Gasteiger partial charge in [-0.3, -0.25) is 14.4 Å². The average Bonchev–Trinajstić information content (AvgIpc) is 3.34. The van der Waals surface area contributed by atoms with E-state index >= 15 is 0 Å². The second-order valence-corrected chi connectivity index (χ2v) is 18.3. The molecule has 0 spiro atoms. The maximum Gasteiger partial charge on any atom is 0.328 e. The first-order valence-corrected chi connectivity index (χ1v) is 23.3. The smallest absolute Gasteiger partial charge is 0.328 e. The molecule has 3 heterocycles. The fourth-order valence-electron chi connectivity index (χ4n) is 8.98. The monoisotopic (exact) mass is 886 g/mol. The third kappa shape index (κ3) is 15.1. The lowest BCUT2D eigenvalue weighted by Gasteiger charge is -2.32. The molecule has 0 bridgehead atoms. The van der Waals surface area contributed by atoms with E-state index in [2.05, 4.69) is 55.3 Å². The van der Waals surface area contributed by atoms with Crippen molar-refractivity contribution in [1.82, 2.24) is 10.3 Å². The summed E-state index contributed by atoms with van der Waals surface area (Å²) in [7, 11) is 1.40. The van der Waals surface area contributed by atoms with Crippen LogP contribution in [0.3, 0.4) is 0 Å².